The maximum atomic E-state index is 11.9. The number of carbonyl (C=O) groups is 1. The Morgan fingerprint density at radius 3 is 3.21 bits per heavy atom. The molecule has 7 nitrogen and oxygen atoms in total. The number of hydrogen-bond donors (Lipinski definition) is 1. The number of carbonyl (C=O) groups excluding carboxylic acids is 1. The summed E-state index contributed by atoms with van der Waals surface area (Å²) in [4.78, 5) is 30.6. The summed E-state index contributed by atoms with van der Waals surface area (Å²) in [5.74, 6) is 0.898. The first kappa shape index (κ1) is 15.1. The molecule has 1 aliphatic heterocycles. The van der Waals surface area contributed by atoms with Crippen molar-refractivity contribution in [1.82, 2.24) is 19.9 Å². The first-order valence-corrected chi connectivity index (χ1v) is 8.57. The summed E-state index contributed by atoms with van der Waals surface area (Å²) in [5, 5.41) is 0. The summed E-state index contributed by atoms with van der Waals surface area (Å²) in [6.07, 6.45) is 7.75. The lowest BCUT2D eigenvalue weighted by molar-refractivity contribution is 0.0512. The van der Waals surface area contributed by atoms with Gasteiger partial charge in [-0.3, -0.25) is 0 Å². The fourth-order valence-electron chi connectivity index (χ4n) is 3.96. The lowest BCUT2D eigenvalue weighted by Gasteiger charge is -2.44. The van der Waals surface area contributed by atoms with Crippen LogP contribution < -0.4 is 4.90 Å². The number of imidazole rings is 1. The molecule has 126 valence electrons. The van der Waals surface area contributed by atoms with Gasteiger partial charge >= 0.3 is 5.97 Å². The van der Waals surface area contributed by atoms with Crippen molar-refractivity contribution >= 4 is 11.8 Å². The number of nitrogens with one attached hydrogen (secondary N) is 1. The van der Waals surface area contributed by atoms with Gasteiger partial charge in [-0.25, -0.2) is 19.7 Å². The maximum Gasteiger partial charge on any atom is 0.376 e. The summed E-state index contributed by atoms with van der Waals surface area (Å²) in [5.41, 5.74) is 2.48. The van der Waals surface area contributed by atoms with Crippen molar-refractivity contribution in [3.05, 3.63) is 35.8 Å². The van der Waals surface area contributed by atoms with Gasteiger partial charge in [0, 0.05) is 30.4 Å². The number of esters is 1. The van der Waals surface area contributed by atoms with E-state index in [0.29, 0.717) is 18.6 Å². The number of anilines is 1. The van der Waals surface area contributed by atoms with E-state index in [1.54, 1.807) is 19.4 Å². The second-order valence-electron chi connectivity index (χ2n) is 6.27. The Morgan fingerprint density at radius 1 is 1.42 bits per heavy atom. The van der Waals surface area contributed by atoms with E-state index in [-0.39, 0.29) is 5.82 Å². The number of nitrogens with zero attached hydrogens (tertiary/aromatic N) is 4. The first-order chi connectivity index (χ1) is 11.8. The molecule has 7 heteroatoms. The van der Waals surface area contributed by atoms with Gasteiger partial charge in [-0.1, -0.05) is 0 Å². The molecule has 2 aromatic heterocycles. The number of hydrogen-bond acceptors (Lipinski definition) is 6. The van der Waals surface area contributed by atoms with Gasteiger partial charge in [0.25, 0.3) is 0 Å². The van der Waals surface area contributed by atoms with E-state index in [4.69, 9.17) is 4.74 Å². The third-order valence-corrected chi connectivity index (χ3v) is 4.97. The third-order valence-electron chi connectivity index (χ3n) is 4.97. The van der Waals surface area contributed by atoms with E-state index in [0.717, 1.165) is 38.0 Å². The predicted octanol–water partition coefficient (Wildman–Crippen LogP) is 2.08. The highest BCUT2D eigenvalue weighted by Gasteiger charge is 2.38. The SMILES string of the molecule is CCOC(=O)c1nccc(N2CCCC3c4nc[nH]c4CCC32)n1. The minimum atomic E-state index is -0.467. The zero-order valence-electron chi connectivity index (χ0n) is 13.7. The summed E-state index contributed by atoms with van der Waals surface area (Å²) >= 11 is 0. The quantitative estimate of drug-likeness (QED) is 0.869. The molecule has 0 aromatic carbocycles. The van der Waals surface area contributed by atoms with Crippen molar-refractivity contribution in [2.45, 2.75) is 44.6 Å². The third kappa shape index (κ3) is 2.53. The van der Waals surface area contributed by atoms with E-state index >= 15 is 0 Å². The molecular formula is C17H21N5O2. The largest absolute Gasteiger partial charge is 0.460 e. The van der Waals surface area contributed by atoms with Crippen LogP contribution in [-0.2, 0) is 11.2 Å². The molecule has 2 aromatic rings. The molecule has 1 fully saturated rings. The van der Waals surface area contributed by atoms with Crippen molar-refractivity contribution in [1.29, 1.82) is 0 Å². The van der Waals surface area contributed by atoms with Crippen LogP contribution in [0.4, 0.5) is 5.82 Å². The van der Waals surface area contributed by atoms with E-state index < -0.39 is 5.97 Å². The number of aromatic amines is 1. The van der Waals surface area contributed by atoms with Crippen LogP contribution in [0.5, 0.6) is 0 Å². The van der Waals surface area contributed by atoms with Crippen molar-refractivity contribution in [3.8, 4) is 0 Å². The van der Waals surface area contributed by atoms with Gasteiger partial charge < -0.3 is 14.6 Å². The van der Waals surface area contributed by atoms with Crippen LogP contribution in [0.3, 0.4) is 0 Å². The minimum absolute atomic E-state index is 0.132. The van der Waals surface area contributed by atoms with E-state index in [2.05, 4.69) is 24.8 Å². The standard InChI is InChI=1S/C17H21N5O2/c1-2-24-17(23)16-18-8-7-14(21-16)22-9-3-4-11-13(22)6-5-12-15(11)20-10-19-12/h7-8,10-11,13H,2-6,9H2,1H3,(H,19,20). The van der Waals surface area contributed by atoms with Gasteiger partial charge in [0.05, 0.1) is 18.6 Å². The number of fused-ring (bicyclic) bond motifs is 3. The average Bonchev–Trinajstić information content (AvgIpc) is 3.11. The van der Waals surface area contributed by atoms with Crippen LogP contribution in [0.25, 0.3) is 0 Å². The predicted molar refractivity (Wildman–Crippen MR) is 88.0 cm³/mol. The Balaban J connectivity index is 1.63. The highest BCUT2D eigenvalue weighted by atomic mass is 16.5. The molecular weight excluding hydrogens is 306 g/mol. The van der Waals surface area contributed by atoms with Gasteiger partial charge in [0.1, 0.15) is 5.82 Å². The highest BCUT2D eigenvalue weighted by Crippen LogP contribution is 2.40. The van der Waals surface area contributed by atoms with Crippen LogP contribution in [0.2, 0.25) is 0 Å². The molecule has 1 aliphatic carbocycles. The minimum Gasteiger partial charge on any atom is -0.460 e. The van der Waals surface area contributed by atoms with Crippen molar-refractivity contribution in [2.24, 2.45) is 0 Å². The lowest BCUT2D eigenvalue weighted by Crippen LogP contribution is -2.47. The number of H-pyrrole nitrogens is 1. The number of aromatic nitrogens is 4. The molecule has 0 radical (unpaired) electrons. The molecule has 0 saturated carbocycles. The molecule has 2 atom stereocenters. The van der Waals surface area contributed by atoms with Crippen LogP contribution in [0.1, 0.15) is 54.1 Å². The second-order valence-corrected chi connectivity index (χ2v) is 6.27. The van der Waals surface area contributed by atoms with E-state index in [1.807, 2.05) is 6.07 Å². The van der Waals surface area contributed by atoms with Gasteiger partial charge in [-0.2, -0.15) is 0 Å². The Morgan fingerprint density at radius 2 is 2.33 bits per heavy atom. The smallest absolute Gasteiger partial charge is 0.376 e. The molecule has 2 aliphatic rings. The van der Waals surface area contributed by atoms with Crippen molar-refractivity contribution in [3.63, 3.8) is 0 Å². The van der Waals surface area contributed by atoms with Crippen LogP contribution in [0, 0.1) is 0 Å². The molecule has 2 unspecified atom stereocenters. The molecule has 3 heterocycles. The van der Waals surface area contributed by atoms with Crippen LogP contribution in [-0.4, -0.2) is 45.1 Å². The monoisotopic (exact) mass is 327 g/mol. The molecule has 0 bridgehead atoms. The Labute approximate surface area is 140 Å². The zero-order valence-corrected chi connectivity index (χ0v) is 13.7. The average molecular weight is 327 g/mol. The lowest BCUT2D eigenvalue weighted by atomic mass is 9.79. The fraction of sp³-hybridized carbons (Fsp3) is 0.529. The summed E-state index contributed by atoms with van der Waals surface area (Å²) < 4.78 is 5.02. The normalized spacial score (nSPS) is 22.6. The van der Waals surface area contributed by atoms with Crippen LogP contribution >= 0.6 is 0 Å². The Bertz CT molecular complexity index is 744. The number of ether oxygens (including phenoxy) is 1. The number of aryl methyl sites for hydroxylation is 1. The van der Waals surface area contributed by atoms with Crippen molar-refractivity contribution in [2.75, 3.05) is 18.1 Å². The molecule has 1 saturated heterocycles. The summed E-state index contributed by atoms with van der Waals surface area (Å²) in [7, 11) is 0. The Kier molecular flexibility index (Phi) is 3.92. The maximum absolute atomic E-state index is 11.9. The molecule has 1 N–H and O–H groups in total. The van der Waals surface area contributed by atoms with Crippen LogP contribution in [0.15, 0.2) is 18.6 Å². The molecule has 0 spiro atoms. The van der Waals surface area contributed by atoms with E-state index in [1.165, 1.54) is 11.4 Å². The second kappa shape index (κ2) is 6.22. The summed E-state index contributed by atoms with van der Waals surface area (Å²) in [6, 6.07) is 2.25. The molecule has 4 rings (SSSR count). The fourth-order valence-corrected chi connectivity index (χ4v) is 3.96. The summed E-state index contributed by atoms with van der Waals surface area (Å²) in [6.45, 7) is 3.05. The van der Waals surface area contributed by atoms with E-state index in [9.17, 15) is 4.79 Å². The number of rotatable bonds is 3. The molecule has 24 heavy (non-hydrogen) atoms. The topological polar surface area (TPSA) is 84.0 Å². The van der Waals surface area contributed by atoms with Gasteiger partial charge in [0.2, 0.25) is 5.82 Å². The number of piperidine rings is 1. The highest BCUT2D eigenvalue weighted by molar-refractivity contribution is 5.85. The van der Waals surface area contributed by atoms with Crippen molar-refractivity contribution < 1.29 is 9.53 Å². The van der Waals surface area contributed by atoms with Gasteiger partial charge in [-0.15, -0.1) is 0 Å². The Hall–Kier alpha value is -2.44. The van der Waals surface area contributed by atoms with Gasteiger partial charge in [-0.05, 0) is 38.7 Å². The molecule has 0 amide bonds. The first-order valence-electron chi connectivity index (χ1n) is 8.57. The van der Waals surface area contributed by atoms with Gasteiger partial charge in [0.15, 0.2) is 0 Å². The zero-order chi connectivity index (χ0) is 16.5.